The number of hydrogen-bond donors (Lipinski definition) is 0. The Labute approximate surface area is 102 Å². The molecular weight excluding hydrogens is 240 g/mol. The monoisotopic (exact) mass is 249 g/mol. The maximum atomic E-state index is 12.1. The van der Waals surface area contributed by atoms with Crippen molar-refractivity contribution in [1.82, 2.24) is 9.78 Å². The Hall–Kier alpha value is -2.42. The summed E-state index contributed by atoms with van der Waals surface area (Å²) in [7, 11) is 0. The van der Waals surface area contributed by atoms with Crippen LogP contribution in [0.3, 0.4) is 0 Å². The lowest BCUT2D eigenvalue weighted by Gasteiger charge is -2.02. The highest BCUT2D eigenvalue weighted by molar-refractivity contribution is 5.36. The van der Waals surface area contributed by atoms with Crippen molar-refractivity contribution in [3.8, 4) is 17.6 Å². The van der Waals surface area contributed by atoms with Gasteiger partial charge in [-0.25, -0.2) is 8.78 Å². The Kier molecular flexibility index (Phi) is 3.53. The first-order valence-electron chi connectivity index (χ1n) is 5.16. The molecule has 0 saturated heterocycles. The minimum atomic E-state index is -2.45. The number of nitrogens with zero attached hydrogens (tertiary/aromatic N) is 3. The van der Waals surface area contributed by atoms with Crippen LogP contribution in [0.4, 0.5) is 8.78 Å². The van der Waals surface area contributed by atoms with Gasteiger partial charge in [0.25, 0.3) is 6.43 Å². The maximum Gasteiger partial charge on any atom is 0.257 e. The van der Waals surface area contributed by atoms with Crippen LogP contribution in [0.15, 0.2) is 36.7 Å². The van der Waals surface area contributed by atoms with Crippen molar-refractivity contribution >= 4 is 0 Å². The van der Waals surface area contributed by atoms with Crippen LogP contribution in [0.5, 0.6) is 11.5 Å². The number of halogens is 2. The molecule has 0 atom stereocenters. The van der Waals surface area contributed by atoms with Crippen LogP contribution >= 0.6 is 0 Å². The van der Waals surface area contributed by atoms with E-state index in [0.29, 0.717) is 17.1 Å². The molecule has 6 heteroatoms. The van der Waals surface area contributed by atoms with Gasteiger partial charge in [-0.1, -0.05) is 0 Å². The van der Waals surface area contributed by atoms with Crippen molar-refractivity contribution in [3.05, 3.63) is 42.2 Å². The quantitative estimate of drug-likeness (QED) is 0.837. The topological polar surface area (TPSA) is 50.8 Å². The molecular formula is C12H9F2N3O. The highest BCUT2D eigenvalue weighted by atomic mass is 19.3. The standard InChI is InChI=1S/C12H9F2N3O/c13-12(14)8-17-7-11(6-16-17)18-10-3-1-9(5-15)2-4-10/h1-4,6-7,12H,8H2. The summed E-state index contributed by atoms with van der Waals surface area (Å²) >= 11 is 0. The molecule has 0 unspecified atom stereocenters. The molecule has 18 heavy (non-hydrogen) atoms. The molecule has 0 bridgehead atoms. The zero-order valence-corrected chi connectivity index (χ0v) is 9.25. The molecule has 4 nitrogen and oxygen atoms in total. The summed E-state index contributed by atoms with van der Waals surface area (Å²) in [5.74, 6) is 0.894. The third kappa shape index (κ3) is 3.04. The Morgan fingerprint density at radius 3 is 2.61 bits per heavy atom. The number of hydrogen-bond acceptors (Lipinski definition) is 3. The van der Waals surface area contributed by atoms with Gasteiger partial charge in [-0.3, -0.25) is 4.68 Å². The van der Waals surface area contributed by atoms with Crippen molar-refractivity contribution < 1.29 is 13.5 Å². The summed E-state index contributed by atoms with van der Waals surface area (Å²) in [6, 6.07) is 8.46. The van der Waals surface area contributed by atoms with E-state index in [1.165, 1.54) is 12.4 Å². The third-order valence-corrected chi connectivity index (χ3v) is 2.15. The predicted molar refractivity (Wildman–Crippen MR) is 59.5 cm³/mol. The van der Waals surface area contributed by atoms with E-state index in [4.69, 9.17) is 10.00 Å². The molecule has 1 heterocycles. The predicted octanol–water partition coefficient (Wildman–Crippen LogP) is 2.81. The number of ether oxygens (including phenoxy) is 1. The average Bonchev–Trinajstić information content (AvgIpc) is 2.76. The summed E-state index contributed by atoms with van der Waals surface area (Å²) in [5.41, 5.74) is 0.524. The molecule has 0 radical (unpaired) electrons. The zero-order valence-electron chi connectivity index (χ0n) is 9.25. The van der Waals surface area contributed by atoms with Crippen LogP contribution in [0, 0.1) is 11.3 Å². The van der Waals surface area contributed by atoms with Crippen molar-refractivity contribution in [3.63, 3.8) is 0 Å². The second kappa shape index (κ2) is 5.27. The Morgan fingerprint density at radius 2 is 2.00 bits per heavy atom. The van der Waals surface area contributed by atoms with Gasteiger partial charge in [0, 0.05) is 0 Å². The smallest absolute Gasteiger partial charge is 0.257 e. The third-order valence-electron chi connectivity index (χ3n) is 2.15. The van der Waals surface area contributed by atoms with Crippen molar-refractivity contribution in [2.75, 3.05) is 0 Å². The molecule has 0 aliphatic heterocycles. The van der Waals surface area contributed by atoms with E-state index in [9.17, 15) is 8.78 Å². The lowest BCUT2D eigenvalue weighted by Crippen LogP contribution is -2.06. The fraction of sp³-hybridized carbons (Fsp3) is 0.167. The largest absolute Gasteiger partial charge is 0.454 e. The van der Waals surface area contributed by atoms with E-state index >= 15 is 0 Å². The molecule has 1 aromatic carbocycles. The van der Waals surface area contributed by atoms with E-state index in [2.05, 4.69) is 5.10 Å². The Bertz CT molecular complexity index is 557. The SMILES string of the molecule is N#Cc1ccc(Oc2cnn(CC(F)F)c2)cc1. The van der Waals surface area contributed by atoms with Gasteiger partial charge in [0.05, 0.1) is 24.0 Å². The van der Waals surface area contributed by atoms with Gasteiger partial charge in [0.15, 0.2) is 5.75 Å². The van der Waals surface area contributed by atoms with Gasteiger partial charge < -0.3 is 4.74 Å². The molecule has 0 aliphatic carbocycles. The van der Waals surface area contributed by atoms with Crippen molar-refractivity contribution in [1.29, 1.82) is 5.26 Å². The summed E-state index contributed by atoms with van der Waals surface area (Å²) in [6.45, 7) is -0.462. The van der Waals surface area contributed by atoms with Crippen molar-refractivity contribution in [2.45, 2.75) is 13.0 Å². The Morgan fingerprint density at radius 1 is 1.28 bits per heavy atom. The van der Waals surface area contributed by atoms with Crippen LogP contribution in [0.25, 0.3) is 0 Å². The highest BCUT2D eigenvalue weighted by Crippen LogP contribution is 2.21. The minimum Gasteiger partial charge on any atom is -0.454 e. The normalized spacial score (nSPS) is 10.3. The van der Waals surface area contributed by atoms with Gasteiger partial charge in [0.1, 0.15) is 12.3 Å². The number of alkyl halides is 2. The van der Waals surface area contributed by atoms with E-state index in [0.717, 1.165) is 4.68 Å². The molecule has 0 N–H and O–H groups in total. The van der Waals surface area contributed by atoms with Crippen LogP contribution in [0.2, 0.25) is 0 Å². The molecule has 2 aromatic rings. The average molecular weight is 249 g/mol. The Balaban J connectivity index is 2.04. The summed E-state index contributed by atoms with van der Waals surface area (Å²) < 4.78 is 30.7. The number of nitriles is 1. The van der Waals surface area contributed by atoms with Crippen LogP contribution in [-0.2, 0) is 6.54 Å². The maximum absolute atomic E-state index is 12.1. The lowest BCUT2D eigenvalue weighted by atomic mass is 10.2. The van der Waals surface area contributed by atoms with Gasteiger partial charge in [-0.05, 0) is 24.3 Å². The molecule has 1 aromatic heterocycles. The zero-order chi connectivity index (χ0) is 13.0. The van der Waals surface area contributed by atoms with Gasteiger partial charge >= 0.3 is 0 Å². The first-order chi connectivity index (χ1) is 8.67. The fourth-order valence-electron chi connectivity index (χ4n) is 1.37. The lowest BCUT2D eigenvalue weighted by molar-refractivity contribution is 0.122. The van der Waals surface area contributed by atoms with E-state index in [1.807, 2.05) is 6.07 Å². The van der Waals surface area contributed by atoms with Gasteiger partial charge in [0.2, 0.25) is 0 Å². The number of aromatic nitrogens is 2. The highest BCUT2D eigenvalue weighted by Gasteiger charge is 2.06. The molecule has 0 spiro atoms. The van der Waals surface area contributed by atoms with Crippen LogP contribution in [-0.4, -0.2) is 16.2 Å². The summed E-state index contributed by atoms with van der Waals surface area (Å²) in [5, 5.41) is 12.4. The second-order valence-electron chi connectivity index (χ2n) is 3.53. The fourth-order valence-corrected chi connectivity index (χ4v) is 1.37. The summed E-state index contributed by atoms with van der Waals surface area (Å²) in [6.07, 6.45) is 0.304. The van der Waals surface area contributed by atoms with E-state index < -0.39 is 13.0 Å². The molecule has 2 rings (SSSR count). The van der Waals surface area contributed by atoms with Crippen LogP contribution in [0.1, 0.15) is 5.56 Å². The first-order valence-corrected chi connectivity index (χ1v) is 5.16. The van der Waals surface area contributed by atoms with Crippen LogP contribution < -0.4 is 4.74 Å². The molecule has 92 valence electrons. The van der Waals surface area contributed by atoms with Gasteiger partial charge in [-0.15, -0.1) is 0 Å². The van der Waals surface area contributed by atoms with Gasteiger partial charge in [-0.2, -0.15) is 10.4 Å². The molecule has 0 amide bonds. The first kappa shape index (κ1) is 12.0. The molecule has 0 fully saturated rings. The number of benzene rings is 1. The van der Waals surface area contributed by atoms with Crippen molar-refractivity contribution in [2.24, 2.45) is 0 Å². The molecule has 0 aliphatic rings. The van der Waals surface area contributed by atoms with E-state index in [1.54, 1.807) is 24.3 Å². The number of rotatable bonds is 4. The molecule has 0 saturated carbocycles. The van der Waals surface area contributed by atoms with E-state index in [-0.39, 0.29) is 0 Å². The summed E-state index contributed by atoms with van der Waals surface area (Å²) in [4.78, 5) is 0. The minimum absolute atomic E-state index is 0.375. The second-order valence-corrected chi connectivity index (χ2v) is 3.53.